The molecule has 4 aromatic rings. The Hall–Kier alpha value is -5.64. The van der Waals surface area contributed by atoms with Gasteiger partial charge in [-0.3, -0.25) is 18.8 Å². The number of benzene rings is 3. The summed E-state index contributed by atoms with van der Waals surface area (Å²) in [5.41, 5.74) is 0.612. The first-order valence-corrected chi connectivity index (χ1v) is 14.5. The SMILES string of the molecule is Cn1c(=O)cc(N2CCC[C@@H](N(Cc3cc(F)ccc3C#N)Cc3cc(F)ccc3C#N)C2)n(Cc2cc(F)ccc2C#N)c1=O. The molecule has 1 saturated heterocycles. The molecule has 46 heavy (non-hydrogen) atoms. The molecule has 5 rings (SSSR count). The average Bonchev–Trinajstić information content (AvgIpc) is 3.05. The molecular formula is C34H28F3N7O2. The van der Waals surface area contributed by atoms with E-state index in [4.69, 9.17) is 0 Å². The van der Waals surface area contributed by atoms with Crippen LogP contribution in [0.3, 0.4) is 0 Å². The summed E-state index contributed by atoms with van der Waals surface area (Å²) in [6.45, 7) is 0.752. The molecule has 232 valence electrons. The van der Waals surface area contributed by atoms with E-state index in [9.17, 15) is 38.5 Å². The zero-order valence-corrected chi connectivity index (χ0v) is 24.9. The number of nitriles is 3. The van der Waals surface area contributed by atoms with Crippen molar-refractivity contribution in [3.05, 3.63) is 132 Å². The van der Waals surface area contributed by atoms with Gasteiger partial charge in [-0.2, -0.15) is 15.8 Å². The Balaban J connectivity index is 1.56. The number of halogens is 3. The number of piperidine rings is 1. The number of aromatic nitrogens is 2. The molecule has 3 aromatic carbocycles. The van der Waals surface area contributed by atoms with Gasteiger partial charge in [0, 0.05) is 45.3 Å². The second-order valence-electron chi connectivity index (χ2n) is 11.2. The Labute approximate surface area is 262 Å². The van der Waals surface area contributed by atoms with E-state index in [0.717, 1.165) is 10.6 Å². The fraction of sp³-hybridized carbons (Fsp3) is 0.265. The molecule has 1 fully saturated rings. The van der Waals surface area contributed by atoms with E-state index in [1.54, 1.807) is 0 Å². The first kappa shape index (κ1) is 31.8. The Bertz CT molecular complexity index is 1990. The van der Waals surface area contributed by atoms with Gasteiger partial charge in [0.15, 0.2) is 0 Å². The molecule has 0 saturated carbocycles. The van der Waals surface area contributed by atoms with Crippen LogP contribution >= 0.6 is 0 Å². The molecule has 2 heterocycles. The fourth-order valence-corrected chi connectivity index (χ4v) is 5.86. The summed E-state index contributed by atoms with van der Waals surface area (Å²) in [5, 5.41) is 29.0. The Morgan fingerprint density at radius 1 is 0.783 bits per heavy atom. The summed E-state index contributed by atoms with van der Waals surface area (Å²) < 4.78 is 45.1. The third kappa shape index (κ3) is 6.71. The van der Waals surface area contributed by atoms with Crippen molar-refractivity contribution in [3.63, 3.8) is 0 Å². The molecule has 9 nitrogen and oxygen atoms in total. The van der Waals surface area contributed by atoms with Gasteiger partial charge in [-0.05, 0) is 84.1 Å². The summed E-state index contributed by atoms with van der Waals surface area (Å²) >= 11 is 0. The van der Waals surface area contributed by atoms with E-state index >= 15 is 0 Å². The predicted molar refractivity (Wildman–Crippen MR) is 163 cm³/mol. The van der Waals surface area contributed by atoms with Crippen molar-refractivity contribution in [2.75, 3.05) is 18.0 Å². The number of hydrogen-bond donors (Lipinski definition) is 0. The van der Waals surface area contributed by atoms with E-state index in [1.165, 1.54) is 66.2 Å². The normalized spacial score (nSPS) is 14.5. The lowest BCUT2D eigenvalue weighted by Gasteiger charge is -2.41. The van der Waals surface area contributed by atoms with E-state index < -0.39 is 28.7 Å². The van der Waals surface area contributed by atoms with Gasteiger partial charge in [-0.15, -0.1) is 0 Å². The molecule has 1 atom stereocenters. The highest BCUT2D eigenvalue weighted by Crippen LogP contribution is 2.27. The molecule has 1 aromatic heterocycles. The minimum absolute atomic E-state index is 0.0960. The molecule has 0 unspecified atom stereocenters. The number of anilines is 1. The molecule has 0 bridgehead atoms. The first-order chi connectivity index (χ1) is 22.1. The van der Waals surface area contributed by atoms with Gasteiger partial charge in [-0.1, -0.05) is 0 Å². The van der Waals surface area contributed by atoms with E-state index in [-0.39, 0.29) is 60.3 Å². The number of hydrogen-bond acceptors (Lipinski definition) is 7. The van der Waals surface area contributed by atoms with Crippen molar-refractivity contribution in [2.45, 2.75) is 38.5 Å². The zero-order chi connectivity index (χ0) is 33.0. The van der Waals surface area contributed by atoms with Crippen LogP contribution in [-0.2, 0) is 26.7 Å². The van der Waals surface area contributed by atoms with E-state index in [2.05, 4.69) is 12.1 Å². The molecule has 1 aliphatic rings. The Morgan fingerprint density at radius 2 is 1.28 bits per heavy atom. The van der Waals surface area contributed by atoms with Crippen molar-refractivity contribution >= 4 is 5.82 Å². The maximum atomic E-state index is 14.3. The predicted octanol–water partition coefficient (Wildman–Crippen LogP) is 4.30. The summed E-state index contributed by atoms with van der Waals surface area (Å²) in [4.78, 5) is 30.1. The number of nitrogens with zero attached hydrogens (tertiary/aromatic N) is 7. The molecule has 12 heteroatoms. The molecule has 0 spiro atoms. The van der Waals surface area contributed by atoms with Crippen LogP contribution in [0.5, 0.6) is 0 Å². The lowest BCUT2D eigenvalue weighted by atomic mass is 9.99. The molecule has 0 aliphatic carbocycles. The van der Waals surface area contributed by atoms with Crippen LogP contribution < -0.4 is 16.1 Å². The van der Waals surface area contributed by atoms with Gasteiger partial charge in [0.1, 0.15) is 23.3 Å². The lowest BCUT2D eigenvalue weighted by molar-refractivity contribution is 0.157. The van der Waals surface area contributed by atoms with Crippen molar-refractivity contribution in [3.8, 4) is 18.2 Å². The van der Waals surface area contributed by atoms with Crippen LogP contribution in [-0.4, -0.2) is 33.2 Å². The second-order valence-corrected chi connectivity index (χ2v) is 11.2. The Morgan fingerprint density at radius 3 is 1.80 bits per heavy atom. The van der Waals surface area contributed by atoms with Gasteiger partial charge in [0.2, 0.25) is 0 Å². The quantitative estimate of drug-likeness (QED) is 0.287. The maximum absolute atomic E-state index is 14.3. The van der Waals surface area contributed by atoms with Crippen molar-refractivity contribution in [1.82, 2.24) is 14.0 Å². The van der Waals surface area contributed by atoms with Crippen LogP contribution in [0.2, 0.25) is 0 Å². The highest BCUT2D eigenvalue weighted by atomic mass is 19.1. The number of rotatable bonds is 8. The monoisotopic (exact) mass is 623 g/mol. The first-order valence-electron chi connectivity index (χ1n) is 14.5. The van der Waals surface area contributed by atoms with E-state index in [1.807, 2.05) is 15.9 Å². The second kappa shape index (κ2) is 13.6. The highest BCUT2D eigenvalue weighted by molar-refractivity contribution is 5.44. The van der Waals surface area contributed by atoms with Crippen molar-refractivity contribution in [1.29, 1.82) is 15.8 Å². The highest BCUT2D eigenvalue weighted by Gasteiger charge is 2.29. The summed E-state index contributed by atoms with van der Waals surface area (Å²) in [6.07, 6.45) is 1.24. The zero-order valence-electron chi connectivity index (χ0n) is 24.9. The standard InChI is InChI=1S/C34H28F3N7O2/c1-41-33(45)14-32(44(34(41)46)20-27-13-30(37)9-6-24(27)17-40)42-10-2-3-31(21-42)43(18-25-11-28(35)7-4-22(25)15-38)19-26-12-29(36)8-5-23(26)16-39/h4-9,11-14,31H,2-3,10,18-21H2,1H3/t31-/m1/s1. The molecule has 0 amide bonds. The van der Waals surface area contributed by atoms with Crippen LogP contribution in [0.15, 0.2) is 70.3 Å². The smallest absolute Gasteiger partial charge is 0.332 e. The van der Waals surface area contributed by atoms with Gasteiger partial charge in [0.05, 0.1) is 41.4 Å². The molecule has 1 aliphatic heterocycles. The van der Waals surface area contributed by atoms with Gasteiger partial charge >= 0.3 is 5.69 Å². The lowest BCUT2D eigenvalue weighted by Crippen LogP contribution is -2.50. The minimum Gasteiger partial charge on any atom is -0.356 e. The third-order valence-electron chi connectivity index (χ3n) is 8.25. The fourth-order valence-electron chi connectivity index (χ4n) is 5.86. The summed E-state index contributed by atoms with van der Waals surface area (Å²) in [7, 11) is 1.33. The topological polar surface area (TPSA) is 122 Å². The van der Waals surface area contributed by atoms with Gasteiger partial charge < -0.3 is 4.90 Å². The molecule has 0 N–H and O–H groups in total. The largest absolute Gasteiger partial charge is 0.356 e. The van der Waals surface area contributed by atoms with Crippen LogP contribution in [0, 0.1) is 51.4 Å². The maximum Gasteiger partial charge on any atom is 0.332 e. The average molecular weight is 624 g/mol. The molecular weight excluding hydrogens is 595 g/mol. The van der Waals surface area contributed by atoms with Crippen molar-refractivity contribution in [2.24, 2.45) is 7.05 Å². The van der Waals surface area contributed by atoms with Gasteiger partial charge in [0.25, 0.3) is 5.56 Å². The van der Waals surface area contributed by atoms with Crippen molar-refractivity contribution < 1.29 is 13.2 Å². The molecule has 0 radical (unpaired) electrons. The minimum atomic E-state index is -0.647. The Kier molecular flexibility index (Phi) is 9.37. The van der Waals surface area contributed by atoms with Gasteiger partial charge in [-0.25, -0.2) is 18.0 Å². The third-order valence-corrected chi connectivity index (χ3v) is 8.25. The summed E-state index contributed by atoms with van der Waals surface area (Å²) in [6, 6.07) is 18.6. The summed E-state index contributed by atoms with van der Waals surface area (Å²) in [5.74, 6) is -1.36. The van der Waals surface area contributed by atoms with Crippen LogP contribution in [0.1, 0.15) is 46.2 Å². The van der Waals surface area contributed by atoms with E-state index in [0.29, 0.717) is 30.5 Å². The van der Waals surface area contributed by atoms with Crippen LogP contribution in [0.4, 0.5) is 19.0 Å². The van der Waals surface area contributed by atoms with Crippen LogP contribution in [0.25, 0.3) is 0 Å².